The number of nitrogens with one attached hydrogen (secondary N) is 2. The molecule has 0 radical (unpaired) electrons. The van der Waals surface area contributed by atoms with E-state index in [1.807, 2.05) is 4.90 Å². The van der Waals surface area contributed by atoms with Gasteiger partial charge in [0.05, 0.1) is 0 Å². The Labute approximate surface area is 151 Å². The molecule has 0 bridgehead atoms. The first-order chi connectivity index (χ1) is 12.2. The Bertz CT molecular complexity index is 571. The molecule has 0 atom stereocenters. The van der Waals surface area contributed by atoms with Crippen molar-refractivity contribution in [2.75, 3.05) is 26.2 Å². The molecule has 0 aromatic heterocycles. The second-order valence-corrected chi connectivity index (χ2v) is 6.48. The molecule has 1 aliphatic heterocycles. The SMILES string of the molecule is CCCCNC(=NCCCC(=O)N1CCc2ccccc2C1)NCC. The number of hydrogen-bond acceptors (Lipinski definition) is 2. The molecule has 1 aromatic rings. The van der Waals surface area contributed by atoms with E-state index >= 15 is 0 Å². The van der Waals surface area contributed by atoms with Crippen molar-refractivity contribution >= 4 is 11.9 Å². The van der Waals surface area contributed by atoms with Crippen molar-refractivity contribution in [3.8, 4) is 0 Å². The van der Waals surface area contributed by atoms with E-state index in [-0.39, 0.29) is 5.91 Å². The predicted octanol–water partition coefficient (Wildman–Crippen LogP) is 2.71. The zero-order valence-corrected chi connectivity index (χ0v) is 15.7. The second-order valence-electron chi connectivity index (χ2n) is 6.48. The van der Waals surface area contributed by atoms with Crippen molar-refractivity contribution in [1.29, 1.82) is 0 Å². The molecule has 25 heavy (non-hydrogen) atoms. The summed E-state index contributed by atoms with van der Waals surface area (Å²) in [6, 6.07) is 8.42. The molecule has 0 unspecified atom stereocenters. The highest BCUT2D eigenvalue weighted by Gasteiger charge is 2.19. The lowest BCUT2D eigenvalue weighted by Gasteiger charge is -2.28. The molecular formula is C20H32N4O. The van der Waals surface area contributed by atoms with Crippen molar-refractivity contribution in [2.24, 2.45) is 4.99 Å². The highest BCUT2D eigenvalue weighted by Crippen LogP contribution is 2.19. The van der Waals surface area contributed by atoms with Crippen molar-refractivity contribution in [2.45, 2.75) is 52.5 Å². The van der Waals surface area contributed by atoms with Crippen LogP contribution in [0, 0.1) is 0 Å². The minimum atomic E-state index is 0.244. The van der Waals surface area contributed by atoms with Gasteiger partial charge in [-0.1, -0.05) is 37.6 Å². The van der Waals surface area contributed by atoms with Gasteiger partial charge in [0.2, 0.25) is 5.91 Å². The van der Waals surface area contributed by atoms with Crippen LogP contribution in [0.5, 0.6) is 0 Å². The van der Waals surface area contributed by atoms with Gasteiger partial charge >= 0.3 is 0 Å². The lowest BCUT2D eigenvalue weighted by atomic mass is 9.99. The Hall–Kier alpha value is -2.04. The van der Waals surface area contributed by atoms with Crippen molar-refractivity contribution in [3.05, 3.63) is 35.4 Å². The summed E-state index contributed by atoms with van der Waals surface area (Å²) in [4.78, 5) is 19.0. The molecule has 0 spiro atoms. The smallest absolute Gasteiger partial charge is 0.222 e. The molecule has 5 heteroatoms. The van der Waals surface area contributed by atoms with Gasteiger partial charge in [-0.3, -0.25) is 9.79 Å². The Morgan fingerprint density at radius 2 is 1.96 bits per heavy atom. The monoisotopic (exact) mass is 344 g/mol. The minimum absolute atomic E-state index is 0.244. The largest absolute Gasteiger partial charge is 0.357 e. The maximum Gasteiger partial charge on any atom is 0.222 e. The first-order valence-corrected chi connectivity index (χ1v) is 9.61. The number of fused-ring (bicyclic) bond motifs is 1. The third-order valence-electron chi connectivity index (χ3n) is 4.47. The minimum Gasteiger partial charge on any atom is -0.357 e. The Morgan fingerprint density at radius 3 is 2.72 bits per heavy atom. The van der Waals surface area contributed by atoms with Crippen molar-refractivity contribution < 1.29 is 4.79 Å². The number of hydrogen-bond donors (Lipinski definition) is 2. The maximum atomic E-state index is 12.4. The van der Waals surface area contributed by atoms with E-state index in [1.54, 1.807) is 0 Å². The number of aliphatic imine (C=N–C) groups is 1. The van der Waals surface area contributed by atoms with Gasteiger partial charge in [-0.05, 0) is 37.3 Å². The molecule has 0 saturated heterocycles. The lowest BCUT2D eigenvalue weighted by Crippen LogP contribution is -2.38. The summed E-state index contributed by atoms with van der Waals surface area (Å²) >= 11 is 0. The van der Waals surface area contributed by atoms with E-state index < -0.39 is 0 Å². The van der Waals surface area contributed by atoms with Crippen LogP contribution in [-0.2, 0) is 17.8 Å². The van der Waals surface area contributed by atoms with E-state index in [0.717, 1.165) is 51.4 Å². The summed E-state index contributed by atoms with van der Waals surface area (Å²) in [6.07, 6.45) is 4.63. The lowest BCUT2D eigenvalue weighted by molar-refractivity contribution is -0.132. The van der Waals surface area contributed by atoms with Crippen LogP contribution in [0.3, 0.4) is 0 Å². The van der Waals surface area contributed by atoms with Gasteiger partial charge in [0.25, 0.3) is 0 Å². The first-order valence-electron chi connectivity index (χ1n) is 9.61. The summed E-state index contributed by atoms with van der Waals surface area (Å²) in [5.74, 6) is 1.10. The highest BCUT2D eigenvalue weighted by atomic mass is 16.2. The van der Waals surface area contributed by atoms with E-state index in [1.165, 1.54) is 17.5 Å². The number of carbonyl (C=O) groups is 1. The third-order valence-corrected chi connectivity index (χ3v) is 4.47. The van der Waals surface area contributed by atoms with Gasteiger partial charge in [0.15, 0.2) is 5.96 Å². The van der Waals surface area contributed by atoms with Gasteiger partial charge in [0, 0.05) is 39.1 Å². The highest BCUT2D eigenvalue weighted by molar-refractivity contribution is 5.80. The zero-order chi connectivity index (χ0) is 17.9. The summed E-state index contributed by atoms with van der Waals surface area (Å²) in [7, 11) is 0. The Morgan fingerprint density at radius 1 is 1.16 bits per heavy atom. The Kier molecular flexibility index (Phi) is 8.29. The van der Waals surface area contributed by atoms with Crippen LogP contribution in [0.1, 0.15) is 50.7 Å². The fourth-order valence-corrected chi connectivity index (χ4v) is 3.01. The normalized spacial score (nSPS) is 14.2. The van der Waals surface area contributed by atoms with Gasteiger partial charge in [0.1, 0.15) is 0 Å². The van der Waals surface area contributed by atoms with Crippen LogP contribution in [0.4, 0.5) is 0 Å². The molecule has 1 aliphatic rings. The van der Waals surface area contributed by atoms with Gasteiger partial charge in [-0.15, -0.1) is 0 Å². The molecule has 0 saturated carbocycles. The predicted molar refractivity (Wildman–Crippen MR) is 104 cm³/mol. The molecule has 2 N–H and O–H groups in total. The molecular weight excluding hydrogens is 312 g/mol. The van der Waals surface area contributed by atoms with Gasteiger partial charge in [-0.25, -0.2) is 0 Å². The van der Waals surface area contributed by atoms with Crippen molar-refractivity contribution in [1.82, 2.24) is 15.5 Å². The summed E-state index contributed by atoms with van der Waals surface area (Å²) in [5.41, 5.74) is 2.67. The number of benzene rings is 1. The van der Waals surface area contributed by atoms with Crippen LogP contribution >= 0.6 is 0 Å². The molecule has 138 valence electrons. The van der Waals surface area contributed by atoms with Crippen LogP contribution in [0.2, 0.25) is 0 Å². The molecule has 2 rings (SSSR count). The van der Waals surface area contributed by atoms with Crippen molar-refractivity contribution in [3.63, 3.8) is 0 Å². The number of guanidine groups is 1. The second kappa shape index (κ2) is 10.7. The van der Waals surface area contributed by atoms with Crippen LogP contribution < -0.4 is 10.6 Å². The molecule has 1 amide bonds. The number of nitrogens with zero attached hydrogens (tertiary/aromatic N) is 2. The average Bonchev–Trinajstić information content (AvgIpc) is 2.64. The zero-order valence-electron chi connectivity index (χ0n) is 15.7. The average molecular weight is 345 g/mol. The van der Waals surface area contributed by atoms with E-state index in [2.05, 4.69) is 53.7 Å². The topological polar surface area (TPSA) is 56.7 Å². The third kappa shape index (κ3) is 6.40. The fourth-order valence-electron chi connectivity index (χ4n) is 3.01. The summed E-state index contributed by atoms with van der Waals surface area (Å²) in [5, 5.41) is 6.58. The first kappa shape index (κ1) is 19.3. The Balaban J connectivity index is 1.73. The summed E-state index contributed by atoms with van der Waals surface area (Å²) in [6.45, 7) is 8.29. The van der Waals surface area contributed by atoms with E-state index in [9.17, 15) is 4.79 Å². The molecule has 1 aromatic carbocycles. The number of amides is 1. The van der Waals surface area contributed by atoms with E-state index in [0.29, 0.717) is 13.0 Å². The molecule has 0 aliphatic carbocycles. The number of unbranched alkanes of at least 4 members (excludes halogenated alkanes) is 1. The van der Waals surface area contributed by atoms with Crippen LogP contribution in [0.15, 0.2) is 29.3 Å². The number of carbonyl (C=O) groups excluding carboxylic acids is 1. The fraction of sp³-hybridized carbons (Fsp3) is 0.600. The van der Waals surface area contributed by atoms with Gasteiger partial charge < -0.3 is 15.5 Å². The summed E-state index contributed by atoms with van der Waals surface area (Å²) < 4.78 is 0. The molecule has 0 fully saturated rings. The standard InChI is InChI=1S/C20H32N4O/c1-3-5-13-22-20(21-4-2)23-14-8-11-19(25)24-15-12-17-9-6-7-10-18(17)16-24/h6-7,9-10H,3-5,8,11-16H2,1-2H3,(H2,21,22,23). The molecule has 1 heterocycles. The van der Waals surface area contributed by atoms with E-state index in [4.69, 9.17) is 0 Å². The quantitative estimate of drug-likeness (QED) is 0.433. The van der Waals surface area contributed by atoms with Gasteiger partial charge in [-0.2, -0.15) is 0 Å². The van der Waals surface area contributed by atoms with Crippen LogP contribution in [-0.4, -0.2) is 42.9 Å². The maximum absolute atomic E-state index is 12.4. The molecule has 5 nitrogen and oxygen atoms in total. The van der Waals surface area contributed by atoms with Crippen LogP contribution in [0.25, 0.3) is 0 Å². The number of rotatable bonds is 8.